The Bertz CT molecular complexity index is 1870. The molecule has 0 aliphatic rings. The number of methoxy groups -OCH3 is 2. The minimum Gasteiger partial charge on any atom is -0.494 e. The molecule has 0 unspecified atom stereocenters. The van der Waals surface area contributed by atoms with Crippen LogP contribution in [0.15, 0.2) is 95.9 Å². The van der Waals surface area contributed by atoms with Crippen molar-refractivity contribution in [2.75, 3.05) is 31.7 Å². The molecule has 0 aliphatic carbocycles. The second-order valence-electron chi connectivity index (χ2n) is 11.6. The summed E-state index contributed by atoms with van der Waals surface area (Å²) in [5.41, 5.74) is 1.53. The average Bonchev–Trinajstić information content (AvgIpc) is 3.09. The van der Waals surface area contributed by atoms with Crippen molar-refractivity contribution in [1.82, 2.24) is 10.2 Å². The van der Waals surface area contributed by atoms with E-state index < -0.39 is 34.4 Å². The quantitative estimate of drug-likeness (QED) is 0.135. The first-order valence-corrected chi connectivity index (χ1v) is 18.1. The molecule has 50 heavy (non-hydrogen) atoms. The molecule has 0 saturated heterocycles. The Kier molecular flexibility index (Phi) is 13.4. The summed E-state index contributed by atoms with van der Waals surface area (Å²) >= 11 is 12.8. The van der Waals surface area contributed by atoms with E-state index in [1.54, 1.807) is 42.5 Å². The van der Waals surface area contributed by atoms with E-state index >= 15 is 0 Å². The fourth-order valence-electron chi connectivity index (χ4n) is 5.28. The van der Waals surface area contributed by atoms with Gasteiger partial charge in [-0.25, -0.2) is 8.42 Å². The molecule has 4 aromatic rings. The summed E-state index contributed by atoms with van der Waals surface area (Å²) < 4.78 is 46.2. The average molecular weight is 743 g/mol. The van der Waals surface area contributed by atoms with Crippen LogP contribution in [0.2, 0.25) is 10.0 Å². The summed E-state index contributed by atoms with van der Waals surface area (Å²) in [5.74, 6) is 0.00434. The summed E-state index contributed by atoms with van der Waals surface area (Å²) in [5, 5.41) is 3.62. The molecule has 13 heteroatoms. The lowest BCUT2D eigenvalue weighted by molar-refractivity contribution is -0.140. The fraction of sp³-hybridized carbons (Fsp3) is 0.297. The van der Waals surface area contributed by atoms with Gasteiger partial charge in [-0.2, -0.15) is 0 Å². The molecular weight excluding hydrogens is 701 g/mol. The summed E-state index contributed by atoms with van der Waals surface area (Å²) in [6.45, 7) is 5.13. The largest absolute Gasteiger partial charge is 0.494 e. The van der Waals surface area contributed by atoms with E-state index in [-0.39, 0.29) is 35.3 Å². The van der Waals surface area contributed by atoms with Crippen molar-refractivity contribution in [3.05, 3.63) is 112 Å². The fourth-order valence-corrected chi connectivity index (χ4v) is 7.17. The highest BCUT2D eigenvalue weighted by Crippen LogP contribution is 2.33. The predicted octanol–water partition coefficient (Wildman–Crippen LogP) is 6.77. The number of nitrogens with zero attached hydrogens (tertiary/aromatic N) is 2. The highest BCUT2D eigenvalue weighted by atomic mass is 35.5. The van der Waals surface area contributed by atoms with Crippen molar-refractivity contribution in [3.8, 4) is 17.2 Å². The van der Waals surface area contributed by atoms with Crippen molar-refractivity contribution in [3.63, 3.8) is 0 Å². The van der Waals surface area contributed by atoms with E-state index in [9.17, 15) is 18.0 Å². The SMILES string of the molecule is CCOc1ccc(N(CC(=O)N(Cc2ccc(Cl)cc2Cl)[C@H](Cc2ccccc2)C(=O)NC(C)C)S(=O)(=O)c2ccc(OC)c(OC)c2)cc1. The van der Waals surface area contributed by atoms with Gasteiger partial charge in [0.2, 0.25) is 11.8 Å². The van der Waals surface area contributed by atoms with Crippen LogP contribution < -0.4 is 23.8 Å². The van der Waals surface area contributed by atoms with Gasteiger partial charge in [-0.15, -0.1) is 0 Å². The molecule has 0 saturated carbocycles. The molecular formula is C37H41Cl2N3O7S. The Morgan fingerprint density at radius 3 is 2.14 bits per heavy atom. The molecule has 0 aliphatic heterocycles. The predicted molar refractivity (Wildman–Crippen MR) is 196 cm³/mol. The van der Waals surface area contributed by atoms with Gasteiger partial charge in [0.1, 0.15) is 18.3 Å². The highest BCUT2D eigenvalue weighted by Gasteiger charge is 2.35. The molecule has 1 N–H and O–H groups in total. The third-order valence-electron chi connectivity index (χ3n) is 7.72. The lowest BCUT2D eigenvalue weighted by atomic mass is 10.0. The first-order valence-electron chi connectivity index (χ1n) is 15.9. The number of rotatable bonds is 16. The number of ether oxygens (including phenoxy) is 3. The van der Waals surface area contributed by atoms with Crippen LogP contribution in [0.1, 0.15) is 31.9 Å². The number of carbonyl (C=O) groups excluding carboxylic acids is 2. The van der Waals surface area contributed by atoms with Gasteiger partial charge < -0.3 is 24.4 Å². The van der Waals surface area contributed by atoms with Crippen LogP contribution in [0.3, 0.4) is 0 Å². The van der Waals surface area contributed by atoms with Crippen LogP contribution in [0.5, 0.6) is 17.2 Å². The molecule has 0 fully saturated rings. The van der Waals surface area contributed by atoms with Gasteiger partial charge in [-0.05, 0) is 80.4 Å². The molecule has 0 bridgehead atoms. The second-order valence-corrected chi connectivity index (χ2v) is 14.3. The van der Waals surface area contributed by atoms with Crippen LogP contribution in [-0.2, 0) is 32.6 Å². The maximum atomic E-state index is 14.7. The number of nitrogens with one attached hydrogen (secondary N) is 1. The molecule has 4 rings (SSSR count). The number of sulfonamides is 1. The molecule has 1 atom stereocenters. The normalized spacial score (nSPS) is 11.8. The highest BCUT2D eigenvalue weighted by molar-refractivity contribution is 7.92. The van der Waals surface area contributed by atoms with Crippen LogP contribution in [0.25, 0.3) is 0 Å². The maximum absolute atomic E-state index is 14.7. The van der Waals surface area contributed by atoms with Crippen molar-refractivity contribution in [1.29, 1.82) is 0 Å². The summed E-state index contributed by atoms with van der Waals surface area (Å²) in [6.07, 6.45) is 0.155. The van der Waals surface area contributed by atoms with Gasteiger partial charge in [0, 0.05) is 35.1 Å². The smallest absolute Gasteiger partial charge is 0.264 e. The molecule has 4 aromatic carbocycles. The zero-order valence-electron chi connectivity index (χ0n) is 28.6. The molecule has 2 amide bonds. The van der Waals surface area contributed by atoms with Crippen LogP contribution in [-0.4, -0.2) is 64.6 Å². The summed E-state index contributed by atoms with van der Waals surface area (Å²) in [6, 6.07) is 23.4. The summed E-state index contributed by atoms with van der Waals surface area (Å²) in [7, 11) is -1.57. The molecule has 0 radical (unpaired) electrons. The van der Waals surface area contributed by atoms with E-state index in [0.29, 0.717) is 33.7 Å². The van der Waals surface area contributed by atoms with E-state index in [2.05, 4.69) is 5.32 Å². The van der Waals surface area contributed by atoms with Crippen LogP contribution >= 0.6 is 23.2 Å². The number of carbonyl (C=O) groups is 2. The first-order chi connectivity index (χ1) is 23.9. The third-order valence-corrected chi connectivity index (χ3v) is 10.1. The number of hydrogen-bond acceptors (Lipinski definition) is 7. The van der Waals surface area contributed by atoms with E-state index in [0.717, 1.165) is 9.87 Å². The Morgan fingerprint density at radius 1 is 0.860 bits per heavy atom. The van der Waals surface area contributed by atoms with Gasteiger partial charge in [-0.1, -0.05) is 59.6 Å². The lowest BCUT2D eigenvalue weighted by Crippen LogP contribution is -2.54. The van der Waals surface area contributed by atoms with Crippen LogP contribution in [0, 0.1) is 0 Å². The second kappa shape index (κ2) is 17.5. The maximum Gasteiger partial charge on any atom is 0.264 e. The van der Waals surface area contributed by atoms with Crippen molar-refractivity contribution in [2.24, 2.45) is 0 Å². The zero-order chi connectivity index (χ0) is 36.4. The third kappa shape index (κ3) is 9.62. The number of halogens is 2. The van der Waals surface area contributed by atoms with Crippen LogP contribution in [0.4, 0.5) is 5.69 Å². The number of hydrogen-bond donors (Lipinski definition) is 1. The first kappa shape index (κ1) is 38.4. The van der Waals surface area contributed by atoms with E-state index in [1.165, 1.54) is 37.3 Å². The van der Waals surface area contributed by atoms with Crippen molar-refractivity contribution >= 4 is 50.7 Å². The number of benzene rings is 4. The number of anilines is 1. The van der Waals surface area contributed by atoms with Crippen molar-refractivity contribution in [2.45, 2.75) is 50.7 Å². The van der Waals surface area contributed by atoms with Gasteiger partial charge in [0.25, 0.3) is 10.0 Å². The lowest BCUT2D eigenvalue weighted by Gasteiger charge is -2.34. The molecule has 266 valence electrons. The van der Waals surface area contributed by atoms with Gasteiger partial charge in [-0.3, -0.25) is 13.9 Å². The van der Waals surface area contributed by atoms with Gasteiger partial charge >= 0.3 is 0 Å². The summed E-state index contributed by atoms with van der Waals surface area (Å²) in [4.78, 5) is 29.8. The zero-order valence-corrected chi connectivity index (χ0v) is 30.9. The number of amides is 2. The minimum atomic E-state index is -4.41. The minimum absolute atomic E-state index is 0.106. The topological polar surface area (TPSA) is 114 Å². The van der Waals surface area contributed by atoms with Gasteiger partial charge in [0.15, 0.2) is 11.5 Å². The molecule has 10 nitrogen and oxygen atoms in total. The van der Waals surface area contributed by atoms with Gasteiger partial charge in [0.05, 0.1) is 31.4 Å². The van der Waals surface area contributed by atoms with E-state index in [1.807, 2.05) is 51.1 Å². The molecule has 0 heterocycles. The Labute approximate surface area is 303 Å². The standard InChI is InChI=1S/C37H41Cl2N3O7S/c1-6-49-30-16-14-29(15-17-30)42(50(45,46)31-18-19-34(47-4)35(22-31)48-5)24-36(43)41(23-27-12-13-28(38)21-32(27)39)33(37(44)40-25(2)3)20-26-10-8-7-9-11-26/h7-19,21-22,25,33H,6,20,23-24H2,1-5H3,(H,40,44)/t33-/m1/s1. The molecule has 0 aromatic heterocycles. The molecule has 0 spiro atoms. The Morgan fingerprint density at radius 2 is 1.54 bits per heavy atom. The Balaban J connectivity index is 1.85. The van der Waals surface area contributed by atoms with Crippen molar-refractivity contribution < 1.29 is 32.2 Å². The van der Waals surface area contributed by atoms with E-state index in [4.69, 9.17) is 37.4 Å². The Hall–Kier alpha value is -4.45. The monoisotopic (exact) mass is 741 g/mol.